The second-order valence-corrected chi connectivity index (χ2v) is 8.87. The highest BCUT2D eigenvalue weighted by Crippen LogP contribution is 2.47. The van der Waals surface area contributed by atoms with E-state index < -0.39 is 0 Å². The Balaban J connectivity index is 1.39. The lowest BCUT2D eigenvalue weighted by Gasteiger charge is -2.34. The molecule has 2 amide bonds. The Labute approximate surface area is 181 Å². The van der Waals surface area contributed by atoms with E-state index in [9.17, 15) is 9.18 Å². The molecule has 1 aromatic heterocycles. The summed E-state index contributed by atoms with van der Waals surface area (Å²) in [7, 11) is 0. The number of urea groups is 1. The summed E-state index contributed by atoms with van der Waals surface area (Å²) in [6, 6.07) is 10.2. The van der Waals surface area contributed by atoms with Gasteiger partial charge < -0.3 is 19.7 Å². The average molecular weight is 426 g/mol. The first-order valence-corrected chi connectivity index (χ1v) is 11.1. The van der Waals surface area contributed by atoms with E-state index in [-0.39, 0.29) is 35.8 Å². The fourth-order valence-electron chi connectivity index (χ4n) is 5.19. The van der Waals surface area contributed by atoms with Gasteiger partial charge in [0.1, 0.15) is 11.6 Å². The first-order chi connectivity index (χ1) is 15.1. The van der Waals surface area contributed by atoms with Gasteiger partial charge in [0, 0.05) is 41.7 Å². The molecule has 0 radical (unpaired) electrons. The van der Waals surface area contributed by atoms with Crippen molar-refractivity contribution in [1.82, 2.24) is 15.2 Å². The summed E-state index contributed by atoms with van der Waals surface area (Å²) >= 11 is 0. The van der Waals surface area contributed by atoms with Crippen LogP contribution in [0.4, 0.5) is 9.18 Å². The van der Waals surface area contributed by atoms with Gasteiger partial charge >= 0.3 is 6.03 Å². The Hall–Kier alpha value is -2.83. The number of nitrogens with one attached hydrogen (secondary N) is 1. The highest BCUT2D eigenvalue weighted by molar-refractivity contribution is 5.76. The summed E-state index contributed by atoms with van der Waals surface area (Å²) in [6.45, 7) is 3.37. The molecule has 1 N–H and O–H groups in total. The predicted molar refractivity (Wildman–Crippen MR) is 114 cm³/mol. The maximum absolute atomic E-state index is 14.1. The molecule has 3 heterocycles. The summed E-state index contributed by atoms with van der Waals surface area (Å²) in [6.07, 6.45) is 4.35. The zero-order chi connectivity index (χ0) is 21.4. The molecule has 164 valence electrons. The fourth-order valence-corrected chi connectivity index (χ4v) is 5.19. The van der Waals surface area contributed by atoms with E-state index in [1.807, 2.05) is 30.0 Å². The van der Waals surface area contributed by atoms with Gasteiger partial charge in [0.05, 0.1) is 19.3 Å². The average Bonchev–Trinajstić information content (AvgIpc) is 3.40. The standard InChI is InChI=1S/C24H28FN3O3/c1-15-5-4-8-22(26-15)31-13-16-12-28(24(29)27-18-6-2-3-7-18)23-19-11-17(25)9-10-21(19)30-14-20(16)23/h4-5,8-11,16,18,20,23H,2-3,6-7,12-14H2,1H3,(H,27,29)/t16-,20-,23-/m0/s1. The van der Waals surface area contributed by atoms with Crippen molar-refractivity contribution in [2.75, 3.05) is 19.8 Å². The van der Waals surface area contributed by atoms with Crippen molar-refractivity contribution in [3.05, 3.63) is 53.5 Å². The quantitative estimate of drug-likeness (QED) is 0.796. The van der Waals surface area contributed by atoms with Crippen LogP contribution in [0.5, 0.6) is 11.6 Å². The van der Waals surface area contributed by atoms with Gasteiger partial charge in [-0.15, -0.1) is 0 Å². The molecule has 0 unspecified atom stereocenters. The van der Waals surface area contributed by atoms with Crippen LogP contribution in [0.15, 0.2) is 36.4 Å². The Bertz CT molecular complexity index is 963. The van der Waals surface area contributed by atoms with Crippen LogP contribution in [0.3, 0.4) is 0 Å². The largest absolute Gasteiger partial charge is 0.493 e. The smallest absolute Gasteiger partial charge is 0.318 e. The normalized spacial score (nSPS) is 25.0. The van der Waals surface area contributed by atoms with E-state index in [4.69, 9.17) is 9.47 Å². The number of halogens is 1. The van der Waals surface area contributed by atoms with Gasteiger partial charge in [-0.2, -0.15) is 0 Å². The molecule has 5 rings (SSSR count). The number of ether oxygens (including phenoxy) is 2. The molecule has 1 saturated carbocycles. The number of pyridine rings is 1. The lowest BCUT2D eigenvalue weighted by Crippen LogP contribution is -2.45. The number of likely N-dealkylation sites (tertiary alicyclic amines) is 1. The van der Waals surface area contributed by atoms with Crippen molar-refractivity contribution in [2.45, 2.75) is 44.7 Å². The number of fused-ring (bicyclic) bond motifs is 3. The molecule has 1 aromatic carbocycles. The number of rotatable bonds is 4. The van der Waals surface area contributed by atoms with E-state index in [1.54, 1.807) is 6.07 Å². The van der Waals surface area contributed by atoms with Crippen molar-refractivity contribution in [1.29, 1.82) is 0 Å². The highest BCUT2D eigenvalue weighted by atomic mass is 19.1. The van der Waals surface area contributed by atoms with Crippen LogP contribution in [-0.4, -0.2) is 41.7 Å². The zero-order valence-electron chi connectivity index (χ0n) is 17.7. The first kappa shape index (κ1) is 20.1. The molecule has 2 fully saturated rings. The molecular weight excluding hydrogens is 397 g/mol. The van der Waals surface area contributed by atoms with Gasteiger partial charge in [-0.3, -0.25) is 0 Å². The lowest BCUT2D eigenvalue weighted by atomic mass is 9.85. The van der Waals surface area contributed by atoms with Crippen molar-refractivity contribution in [3.63, 3.8) is 0 Å². The maximum Gasteiger partial charge on any atom is 0.318 e. The number of carbonyl (C=O) groups is 1. The number of benzene rings is 1. The minimum Gasteiger partial charge on any atom is -0.493 e. The minimum absolute atomic E-state index is 0.0356. The monoisotopic (exact) mass is 425 g/mol. The maximum atomic E-state index is 14.1. The van der Waals surface area contributed by atoms with Crippen LogP contribution in [-0.2, 0) is 0 Å². The molecule has 2 aromatic rings. The van der Waals surface area contributed by atoms with E-state index in [1.165, 1.54) is 12.1 Å². The summed E-state index contributed by atoms with van der Waals surface area (Å²) in [4.78, 5) is 19.5. The topological polar surface area (TPSA) is 63.7 Å². The van der Waals surface area contributed by atoms with Gasteiger partial charge in [0.15, 0.2) is 0 Å². The molecule has 0 spiro atoms. The van der Waals surface area contributed by atoms with E-state index in [0.29, 0.717) is 31.4 Å². The first-order valence-electron chi connectivity index (χ1n) is 11.1. The summed E-state index contributed by atoms with van der Waals surface area (Å²) in [5, 5.41) is 3.20. The van der Waals surface area contributed by atoms with Gasteiger partial charge in [-0.25, -0.2) is 14.2 Å². The van der Waals surface area contributed by atoms with Crippen LogP contribution < -0.4 is 14.8 Å². The van der Waals surface area contributed by atoms with Crippen molar-refractivity contribution >= 4 is 6.03 Å². The summed E-state index contributed by atoms with van der Waals surface area (Å²) in [5.41, 5.74) is 1.64. The van der Waals surface area contributed by atoms with Gasteiger partial charge in [-0.05, 0) is 44.0 Å². The third kappa shape index (κ3) is 4.05. The number of aromatic nitrogens is 1. The molecule has 3 aliphatic rings. The number of nitrogens with zero attached hydrogens (tertiary/aromatic N) is 2. The Morgan fingerprint density at radius 2 is 2.13 bits per heavy atom. The molecule has 2 aliphatic heterocycles. The number of aryl methyl sites for hydroxylation is 1. The van der Waals surface area contributed by atoms with Crippen LogP contribution in [0.2, 0.25) is 0 Å². The molecule has 6 nitrogen and oxygen atoms in total. The molecule has 1 aliphatic carbocycles. The van der Waals surface area contributed by atoms with Crippen molar-refractivity contribution in [3.8, 4) is 11.6 Å². The minimum atomic E-state index is -0.317. The predicted octanol–water partition coefficient (Wildman–Crippen LogP) is 4.24. The number of amides is 2. The van der Waals surface area contributed by atoms with Crippen LogP contribution in [0.25, 0.3) is 0 Å². The van der Waals surface area contributed by atoms with E-state index in [0.717, 1.165) is 36.9 Å². The third-order valence-electron chi connectivity index (χ3n) is 6.75. The number of hydrogen-bond donors (Lipinski definition) is 1. The Morgan fingerprint density at radius 1 is 1.29 bits per heavy atom. The van der Waals surface area contributed by atoms with Crippen LogP contribution in [0.1, 0.15) is 43.0 Å². The summed E-state index contributed by atoms with van der Waals surface area (Å²) in [5.74, 6) is 1.02. The zero-order valence-corrected chi connectivity index (χ0v) is 17.7. The molecular formula is C24H28FN3O3. The third-order valence-corrected chi connectivity index (χ3v) is 6.75. The molecule has 1 saturated heterocycles. The highest BCUT2D eigenvalue weighted by Gasteiger charge is 2.49. The molecule has 31 heavy (non-hydrogen) atoms. The van der Waals surface area contributed by atoms with Crippen LogP contribution >= 0.6 is 0 Å². The van der Waals surface area contributed by atoms with Gasteiger partial charge in [0.25, 0.3) is 0 Å². The second kappa shape index (κ2) is 8.36. The van der Waals surface area contributed by atoms with Gasteiger partial charge in [-0.1, -0.05) is 18.9 Å². The number of hydrogen-bond acceptors (Lipinski definition) is 4. The van der Waals surface area contributed by atoms with Crippen molar-refractivity contribution in [2.24, 2.45) is 11.8 Å². The molecule has 7 heteroatoms. The molecule has 0 bridgehead atoms. The van der Waals surface area contributed by atoms with Crippen LogP contribution in [0, 0.1) is 24.6 Å². The number of carbonyl (C=O) groups excluding carboxylic acids is 1. The summed E-state index contributed by atoms with van der Waals surface area (Å²) < 4.78 is 26.1. The Kier molecular flexibility index (Phi) is 5.42. The Morgan fingerprint density at radius 3 is 2.94 bits per heavy atom. The SMILES string of the molecule is Cc1cccc(OC[C@@H]2CN(C(=O)NC3CCCC3)[C@H]3c4cc(F)ccc4OC[C@@H]23)n1. The van der Waals surface area contributed by atoms with E-state index in [2.05, 4.69) is 10.3 Å². The van der Waals surface area contributed by atoms with Crippen molar-refractivity contribution < 1.29 is 18.7 Å². The molecule has 3 atom stereocenters. The lowest BCUT2D eigenvalue weighted by molar-refractivity contribution is 0.125. The fraction of sp³-hybridized carbons (Fsp3) is 0.500. The second-order valence-electron chi connectivity index (χ2n) is 8.87. The van der Waals surface area contributed by atoms with E-state index >= 15 is 0 Å². The van der Waals surface area contributed by atoms with Gasteiger partial charge in [0.2, 0.25) is 5.88 Å².